The first-order valence-electron chi connectivity index (χ1n) is 5.65. The number of para-hydroxylation sites is 1. The second kappa shape index (κ2) is 5.36. The van der Waals surface area contributed by atoms with Gasteiger partial charge < -0.3 is 9.64 Å². The van der Waals surface area contributed by atoms with Gasteiger partial charge in [0.1, 0.15) is 5.75 Å². The van der Waals surface area contributed by atoms with Crippen molar-refractivity contribution in [1.29, 1.82) is 0 Å². The van der Waals surface area contributed by atoms with Gasteiger partial charge in [-0.15, -0.1) is 0 Å². The van der Waals surface area contributed by atoms with Gasteiger partial charge in [-0.3, -0.25) is 0 Å². The van der Waals surface area contributed by atoms with Crippen LogP contribution in [0.4, 0.5) is 0 Å². The van der Waals surface area contributed by atoms with Gasteiger partial charge in [-0.25, -0.2) is 5.14 Å². The SMILES string of the molecule is NS(=O)(=O)/N=C(/Oc1ccccc1)N1CCCC1. The van der Waals surface area contributed by atoms with E-state index in [-0.39, 0.29) is 6.02 Å². The molecule has 2 N–H and O–H groups in total. The highest BCUT2D eigenvalue weighted by atomic mass is 32.2. The standard InChI is InChI=1S/C11H15N3O3S/c12-18(15,16)13-11(14-8-4-5-9-14)17-10-6-2-1-3-7-10/h1-3,6-7H,4-5,8-9H2,(H2,12,15,16)/b13-11+. The maximum absolute atomic E-state index is 11.1. The molecular weight excluding hydrogens is 254 g/mol. The van der Waals surface area contributed by atoms with Gasteiger partial charge in [0.25, 0.3) is 0 Å². The summed E-state index contributed by atoms with van der Waals surface area (Å²) >= 11 is 0. The molecule has 0 amide bonds. The number of rotatable bonds is 2. The Labute approximate surface area is 106 Å². The third-order valence-corrected chi connectivity index (χ3v) is 2.94. The molecule has 18 heavy (non-hydrogen) atoms. The molecule has 0 radical (unpaired) electrons. The van der Waals surface area contributed by atoms with Crippen molar-refractivity contribution < 1.29 is 13.2 Å². The number of ether oxygens (including phenoxy) is 1. The van der Waals surface area contributed by atoms with E-state index in [1.54, 1.807) is 29.2 Å². The lowest BCUT2D eigenvalue weighted by Crippen LogP contribution is -2.34. The fourth-order valence-corrected chi connectivity index (χ4v) is 2.12. The van der Waals surface area contributed by atoms with Crippen LogP contribution in [0.2, 0.25) is 0 Å². The molecule has 1 aromatic rings. The van der Waals surface area contributed by atoms with Crippen LogP contribution in [-0.2, 0) is 10.2 Å². The minimum absolute atomic E-state index is 0.0428. The summed E-state index contributed by atoms with van der Waals surface area (Å²) in [5.74, 6) is 0.534. The molecule has 1 aliphatic rings. The third-order valence-electron chi connectivity index (χ3n) is 2.53. The fourth-order valence-electron chi connectivity index (χ4n) is 1.75. The van der Waals surface area contributed by atoms with Gasteiger partial charge >= 0.3 is 16.2 Å². The zero-order valence-corrected chi connectivity index (χ0v) is 10.6. The molecule has 1 aliphatic heterocycles. The molecule has 98 valence electrons. The lowest BCUT2D eigenvalue weighted by Gasteiger charge is -2.18. The number of benzene rings is 1. The Morgan fingerprint density at radius 3 is 2.39 bits per heavy atom. The van der Waals surface area contributed by atoms with E-state index in [9.17, 15) is 8.42 Å². The molecule has 7 heteroatoms. The zero-order valence-electron chi connectivity index (χ0n) is 9.82. The smallest absolute Gasteiger partial charge is 0.321 e. The van der Waals surface area contributed by atoms with Gasteiger partial charge in [0, 0.05) is 13.1 Å². The monoisotopic (exact) mass is 269 g/mol. The highest BCUT2D eigenvalue weighted by Gasteiger charge is 2.20. The second-order valence-corrected chi connectivity index (χ2v) is 5.21. The maximum Gasteiger partial charge on any atom is 0.321 e. The first-order valence-corrected chi connectivity index (χ1v) is 7.15. The van der Waals surface area contributed by atoms with E-state index in [0.29, 0.717) is 5.75 Å². The molecule has 0 aliphatic carbocycles. The predicted octanol–water partition coefficient (Wildman–Crippen LogP) is 0.721. The van der Waals surface area contributed by atoms with Crippen LogP contribution in [0.15, 0.2) is 34.7 Å². The van der Waals surface area contributed by atoms with Crippen molar-refractivity contribution in [3.8, 4) is 5.75 Å². The molecule has 0 atom stereocenters. The van der Waals surface area contributed by atoms with Gasteiger partial charge in [0.15, 0.2) is 0 Å². The molecule has 6 nitrogen and oxygen atoms in total. The Hall–Kier alpha value is -1.60. The van der Waals surface area contributed by atoms with E-state index in [1.807, 2.05) is 6.07 Å². The normalized spacial score (nSPS) is 16.9. The van der Waals surface area contributed by atoms with Crippen LogP contribution in [-0.4, -0.2) is 32.4 Å². The molecule has 1 fully saturated rings. The lowest BCUT2D eigenvalue weighted by atomic mass is 10.3. The minimum Gasteiger partial charge on any atom is -0.425 e. The lowest BCUT2D eigenvalue weighted by molar-refractivity contribution is 0.392. The third kappa shape index (κ3) is 3.71. The molecule has 0 bridgehead atoms. The Kier molecular flexibility index (Phi) is 3.83. The molecule has 1 aromatic carbocycles. The van der Waals surface area contributed by atoms with Crippen LogP contribution < -0.4 is 9.88 Å². The zero-order chi connectivity index (χ0) is 13.0. The average Bonchev–Trinajstić information content (AvgIpc) is 2.81. The van der Waals surface area contributed by atoms with E-state index in [1.165, 1.54) is 0 Å². The number of amidine groups is 1. The number of nitrogens with two attached hydrogens (primary N) is 1. The summed E-state index contributed by atoms with van der Waals surface area (Å²) in [6, 6.07) is 8.95. The quantitative estimate of drug-likeness (QED) is 0.633. The number of likely N-dealkylation sites (tertiary alicyclic amines) is 1. The van der Waals surface area contributed by atoms with Crippen LogP contribution in [0.3, 0.4) is 0 Å². The van der Waals surface area contributed by atoms with Crippen LogP contribution in [0, 0.1) is 0 Å². The summed E-state index contributed by atoms with van der Waals surface area (Å²) in [6.45, 7) is 1.45. The number of hydrogen-bond acceptors (Lipinski definition) is 3. The Morgan fingerprint density at radius 1 is 1.22 bits per heavy atom. The van der Waals surface area contributed by atoms with Crippen LogP contribution in [0.25, 0.3) is 0 Å². The van der Waals surface area contributed by atoms with Crippen LogP contribution in [0.5, 0.6) is 5.75 Å². The van der Waals surface area contributed by atoms with E-state index < -0.39 is 10.2 Å². The summed E-state index contributed by atoms with van der Waals surface area (Å²) in [4.78, 5) is 1.78. The van der Waals surface area contributed by atoms with Crippen molar-refractivity contribution in [3.05, 3.63) is 30.3 Å². The van der Waals surface area contributed by atoms with Crippen molar-refractivity contribution >= 4 is 16.2 Å². The van der Waals surface area contributed by atoms with E-state index >= 15 is 0 Å². The Bertz CT molecular complexity index is 522. The van der Waals surface area contributed by atoms with E-state index in [4.69, 9.17) is 9.88 Å². The average molecular weight is 269 g/mol. The molecular formula is C11H15N3O3S. The van der Waals surface area contributed by atoms with Crippen molar-refractivity contribution in [3.63, 3.8) is 0 Å². The van der Waals surface area contributed by atoms with Gasteiger partial charge in [0.2, 0.25) is 0 Å². The summed E-state index contributed by atoms with van der Waals surface area (Å²) in [5.41, 5.74) is 0. The minimum atomic E-state index is -3.96. The first-order chi connectivity index (χ1) is 8.54. The summed E-state index contributed by atoms with van der Waals surface area (Å²) in [7, 11) is -3.96. The molecule has 0 spiro atoms. The first kappa shape index (κ1) is 12.8. The number of nitrogens with zero attached hydrogens (tertiary/aromatic N) is 2. The molecule has 1 saturated heterocycles. The summed E-state index contributed by atoms with van der Waals surface area (Å²) in [5, 5.41) is 4.94. The Balaban J connectivity index is 2.22. The highest BCUT2D eigenvalue weighted by molar-refractivity contribution is 7.88. The number of hydrogen-bond donors (Lipinski definition) is 1. The maximum atomic E-state index is 11.1. The van der Waals surface area contributed by atoms with Crippen molar-refractivity contribution in [2.75, 3.05) is 13.1 Å². The van der Waals surface area contributed by atoms with Crippen molar-refractivity contribution in [1.82, 2.24) is 4.90 Å². The Morgan fingerprint density at radius 2 is 1.83 bits per heavy atom. The summed E-state index contributed by atoms with van der Waals surface area (Å²) in [6.07, 6.45) is 1.98. The second-order valence-electron chi connectivity index (χ2n) is 4.00. The molecule has 1 heterocycles. The van der Waals surface area contributed by atoms with Gasteiger partial charge in [-0.1, -0.05) is 22.6 Å². The fraction of sp³-hybridized carbons (Fsp3) is 0.364. The summed E-state index contributed by atoms with van der Waals surface area (Å²) < 4.78 is 31.1. The van der Waals surface area contributed by atoms with Gasteiger partial charge in [-0.2, -0.15) is 8.42 Å². The van der Waals surface area contributed by atoms with Crippen LogP contribution >= 0.6 is 0 Å². The van der Waals surface area contributed by atoms with E-state index in [0.717, 1.165) is 25.9 Å². The van der Waals surface area contributed by atoms with Crippen molar-refractivity contribution in [2.45, 2.75) is 12.8 Å². The highest BCUT2D eigenvalue weighted by Crippen LogP contribution is 2.14. The van der Waals surface area contributed by atoms with Crippen LogP contribution in [0.1, 0.15) is 12.8 Å². The van der Waals surface area contributed by atoms with Gasteiger partial charge in [0.05, 0.1) is 0 Å². The van der Waals surface area contributed by atoms with Gasteiger partial charge in [-0.05, 0) is 25.0 Å². The van der Waals surface area contributed by atoms with E-state index in [2.05, 4.69) is 4.40 Å². The predicted molar refractivity (Wildman–Crippen MR) is 68.4 cm³/mol. The van der Waals surface area contributed by atoms with Crippen molar-refractivity contribution in [2.24, 2.45) is 9.54 Å². The molecule has 0 unspecified atom stereocenters. The topological polar surface area (TPSA) is 85.0 Å². The molecule has 2 rings (SSSR count). The largest absolute Gasteiger partial charge is 0.425 e. The molecule has 0 saturated carbocycles. The molecule has 0 aromatic heterocycles.